The highest BCUT2D eigenvalue weighted by Crippen LogP contribution is 2.31. The number of carbonyl (C=O) groups is 2. The molecule has 2 amide bonds. The minimum Gasteiger partial charge on any atom is -0.321 e. The van der Waals surface area contributed by atoms with E-state index in [1.807, 2.05) is 35.0 Å². The van der Waals surface area contributed by atoms with Crippen molar-refractivity contribution in [2.24, 2.45) is 0 Å². The standard InChI is InChI=1S/C17H12N4O2S4/c22-14(21-16-18-5-7-25-16)9-26-17-20-11-4-3-10(8-13(11)27-17)19-15(23)12-2-1-6-24-12/h1-8H,9H2,(H,19,23)(H,18,21,22). The summed E-state index contributed by atoms with van der Waals surface area (Å²) in [6, 6.07) is 9.24. The summed E-state index contributed by atoms with van der Waals surface area (Å²) in [5.74, 6) is 0.0295. The molecule has 0 aliphatic rings. The van der Waals surface area contributed by atoms with Gasteiger partial charge in [0, 0.05) is 17.3 Å². The van der Waals surface area contributed by atoms with Gasteiger partial charge >= 0.3 is 0 Å². The third-order valence-corrected chi connectivity index (χ3v) is 7.10. The molecular weight excluding hydrogens is 420 g/mol. The van der Waals surface area contributed by atoms with Crippen molar-refractivity contribution in [2.45, 2.75) is 4.34 Å². The van der Waals surface area contributed by atoms with Gasteiger partial charge in [0.1, 0.15) is 0 Å². The van der Waals surface area contributed by atoms with Gasteiger partial charge in [0.25, 0.3) is 5.91 Å². The molecule has 4 aromatic rings. The van der Waals surface area contributed by atoms with E-state index in [0.717, 1.165) is 20.2 Å². The molecule has 0 saturated heterocycles. The lowest BCUT2D eigenvalue weighted by atomic mass is 10.3. The van der Waals surface area contributed by atoms with Crippen LogP contribution < -0.4 is 10.6 Å². The molecule has 0 bridgehead atoms. The Labute approximate surface area is 170 Å². The van der Waals surface area contributed by atoms with E-state index in [1.165, 1.54) is 45.8 Å². The van der Waals surface area contributed by atoms with Crippen LogP contribution in [0.4, 0.5) is 10.8 Å². The lowest BCUT2D eigenvalue weighted by Gasteiger charge is -2.02. The number of amides is 2. The number of thioether (sulfide) groups is 1. The fraction of sp³-hybridized carbons (Fsp3) is 0.0588. The summed E-state index contributed by atoms with van der Waals surface area (Å²) in [6.07, 6.45) is 1.65. The molecule has 0 unspecified atom stereocenters. The van der Waals surface area contributed by atoms with Gasteiger partial charge in [-0.15, -0.1) is 34.0 Å². The van der Waals surface area contributed by atoms with E-state index >= 15 is 0 Å². The first kappa shape index (κ1) is 18.1. The van der Waals surface area contributed by atoms with Crippen LogP contribution in [0.3, 0.4) is 0 Å². The molecule has 6 nitrogen and oxygen atoms in total. The number of thiophene rings is 1. The van der Waals surface area contributed by atoms with Crippen molar-refractivity contribution in [3.8, 4) is 0 Å². The van der Waals surface area contributed by atoms with Crippen LogP contribution in [0.25, 0.3) is 10.2 Å². The third kappa shape index (κ3) is 4.53. The maximum absolute atomic E-state index is 12.2. The molecule has 0 spiro atoms. The fourth-order valence-corrected chi connectivity index (χ4v) is 5.28. The largest absolute Gasteiger partial charge is 0.321 e. The van der Waals surface area contributed by atoms with Crippen molar-refractivity contribution in [1.82, 2.24) is 9.97 Å². The first-order valence-electron chi connectivity index (χ1n) is 7.75. The highest BCUT2D eigenvalue weighted by atomic mass is 32.2. The molecule has 0 radical (unpaired) electrons. The molecule has 3 heterocycles. The van der Waals surface area contributed by atoms with Gasteiger partial charge in [0.15, 0.2) is 9.47 Å². The zero-order chi connectivity index (χ0) is 18.6. The van der Waals surface area contributed by atoms with Gasteiger partial charge in [-0.05, 0) is 29.6 Å². The van der Waals surface area contributed by atoms with Gasteiger partial charge in [-0.25, -0.2) is 9.97 Å². The van der Waals surface area contributed by atoms with E-state index in [9.17, 15) is 9.59 Å². The van der Waals surface area contributed by atoms with Crippen LogP contribution >= 0.6 is 45.8 Å². The third-order valence-electron chi connectivity index (χ3n) is 3.38. The predicted molar refractivity (Wildman–Crippen MR) is 113 cm³/mol. The SMILES string of the molecule is O=C(CSc1nc2ccc(NC(=O)c3cccs3)cc2s1)Nc1nccs1. The highest BCUT2D eigenvalue weighted by Gasteiger charge is 2.11. The minimum atomic E-state index is -0.123. The van der Waals surface area contributed by atoms with Crippen LogP contribution in [0.15, 0.2) is 51.6 Å². The molecule has 1 aromatic carbocycles. The Bertz CT molecular complexity index is 1070. The average molecular weight is 433 g/mol. The predicted octanol–water partition coefficient (Wildman–Crippen LogP) is 4.80. The number of benzene rings is 1. The number of rotatable bonds is 6. The highest BCUT2D eigenvalue weighted by molar-refractivity contribution is 8.01. The Balaban J connectivity index is 1.40. The molecule has 27 heavy (non-hydrogen) atoms. The van der Waals surface area contributed by atoms with Gasteiger partial charge in [-0.1, -0.05) is 17.8 Å². The second-order valence-corrected chi connectivity index (χ2v) is 9.36. The van der Waals surface area contributed by atoms with E-state index in [2.05, 4.69) is 20.6 Å². The Kier molecular flexibility index (Phi) is 5.48. The summed E-state index contributed by atoms with van der Waals surface area (Å²) in [6.45, 7) is 0. The summed E-state index contributed by atoms with van der Waals surface area (Å²) < 4.78 is 1.77. The lowest BCUT2D eigenvalue weighted by molar-refractivity contribution is -0.113. The van der Waals surface area contributed by atoms with Crippen LogP contribution in [0.1, 0.15) is 9.67 Å². The number of hydrogen-bond donors (Lipinski definition) is 2. The van der Waals surface area contributed by atoms with Gasteiger partial charge in [-0.2, -0.15) is 0 Å². The van der Waals surface area contributed by atoms with Gasteiger partial charge in [-0.3, -0.25) is 9.59 Å². The van der Waals surface area contributed by atoms with Crippen molar-refractivity contribution >= 4 is 78.6 Å². The second kappa shape index (κ2) is 8.17. The number of thiazole rings is 2. The molecule has 0 aliphatic heterocycles. The van der Waals surface area contributed by atoms with Crippen LogP contribution in [-0.2, 0) is 4.79 Å². The quantitative estimate of drug-likeness (QED) is 0.428. The molecule has 0 saturated carbocycles. The Hall–Kier alpha value is -2.27. The fourth-order valence-electron chi connectivity index (χ4n) is 2.21. The smallest absolute Gasteiger partial charge is 0.265 e. The molecule has 3 aromatic heterocycles. The number of fused-ring (bicyclic) bond motifs is 1. The first-order valence-corrected chi connectivity index (χ1v) is 11.3. The molecule has 4 rings (SSSR count). The monoisotopic (exact) mass is 432 g/mol. The van der Waals surface area contributed by atoms with E-state index in [-0.39, 0.29) is 17.6 Å². The maximum atomic E-state index is 12.2. The van der Waals surface area contributed by atoms with Crippen LogP contribution in [0.5, 0.6) is 0 Å². The van der Waals surface area contributed by atoms with E-state index < -0.39 is 0 Å². The number of nitrogens with zero attached hydrogens (tertiary/aromatic N) is 2. The van der Waals surface area contributed by atoms with Gasteiger partial charge < -0.3 is 10.6 Å². The van der Waals surface area contributed by atoms with E-state index in [0.29, 0.717) is 10.0 Å². The van der Waals surface area contributed by atoms with Gasteiger partial charge in [0.05, 0.1) is 20.8 Å². The molecule has 0 atom stereocenters. The van der Waals surface area contributed by atoms with Crippen LogP contribution in [0.2, 0.25) is 0 Å². The lowest BCUT2D eigenvalue weighted by Crippen LogP contribution is -2.13. The molecular formula is C17H12N4O2S4. The van der Waals surface area contributed by atoms with Crippen molar-refractivity contribution in [3.05, 3.63) is 52.2 Å². The summed E-state index contributed by atoms with van der Waals surface area (Å²) in [4.78, 5) is 33.3. The van der Waals surface area contributed by atoms with Crippen molar-refractivity contribution in [3.63, 3.8) is 0 Å². The number of anilines is 2. The van der Waals surface area contributed by atoms with Crippen molar-refractivity contribution in [1.29, 1.82) is 0 Å². The normalized spacial score (nSPS) is 10.8. The molecule has 0 fully saturated rings. The summed E-state index contributed by atoms with van der Waals surface area (Å²) in [5, 5.41) is 9.92. The summed E-state index contributed by atoms with van der Waals surface area (Å²) in [7, 11) is 0. The van der Waals surface area contributed by atoms with E-state index in [4.69, 9.17) is 0 Å². The molecule has 0 aliphatic carbocycles. The molecule has 2 N–H and O–H groups in total. The number of nitrogens with one attached hydrogen (secondary N) is 2. The summed E-state index contributed by atoms with van der Waals surface area (Å²) >= 11 is 5.66. The van der Waals surface area contributed by atoms with Crippen molar-refractivity contribution < 1.29 is 9.59 Å². The molecule has 10 heteroatoms. The number of aromatic nitrogens is 2. The second-order valence-electron chi connectivity index (χ2n) is 5.27. The number of carbonyl (C=O) groups excluding carboxylic acids is 2. The first-order chi connectivity index (χ1) is 13.2. The van der Waals surface area contributed by atoms with Crippen LogP contribution in [0, 0.1) is 0 Å². The number of hydrogen-bond acceptors (Lipinski definition) is 8. The Morgan fingerprint density at radius 3 is 2.81 bits per heavy atom. The summed E-state index contributed by atoms with van der Waals surface area (Å²) in [5.41, 5.74) is 1.57. The van der Waals surface area contributed by atoms with Crippen molar-refractivity contribution in [2.75, 3.05) is 16.4 Å². The zero-order valence-corrected chi connectivity index (χ0v) is 16.9. The topological polar surface area (TPSA) is 84.0 Å². The van der Waals surface area contributed by atoms with E-state index in [1.54, 1.807) is 12.3 Å². The minimum absolute atomic E-state index is 0.113. The van der Waals surface area contributed by atoms with Gasteiger partial charge in [0.2, 0.25) is 5.91 Å². The average Bonchev–Trinajstić information content (AvgIpc) is 3.40. The molecule has 136 valence electrons. The maximum Gasteiger partial charge on any atom is 0.265 e. The Morgan fingerprint density at radius 2 is 2.04 bits per heavy atom. The Morgan fingerprint density at radius 1 is 1.11 bits per heavy atom. The zero-order valence-electron chi connectivity index (χ0n) is 13.7. The van der Waals surface area contributed by atoms with Crippen LogP contribution in [-0.4, -0.2) is 27.5 Å².